The van der Waals surface area contributed by atoms with E-state index in [2.05, 4.69) is 23.1 Å². The predicted octanol–water partition coefficient (Wildman–Crippen LogP) is 2.98. The Morgan fingerprint density at radius 1 is 1.13 bits per heavy atom. The number of amides is 1. The highest BCUT2D eigenvalue weighted by Crippen LogP contribution is 2.28. The summed E-state index contributed by atoms with van der Waals surface area (Å²) in [6.07, 6.45) is -0.198. The first-order valence-corrected chi connectivity index (χ1v) is 8.06. The van der Waals surface area contributed by atoms with Crippen LogP contribution in [0.1, 0.15) is 34.3 Å². The SMILES string of the molecule is Cc1cccc(C(=O)NC2NNC(C)C2c2cccc(Cl)c2)c1. The Bertz CT molecular complexity index is 719. The smallest absolute Gasteiger partial charge is 0.252 e. The van der Waals surface area contributed by atoms with E-state index in [1.54, 1.807) is 0 Å². The van der Waals surface area contributed by atoms with Crippen LogP contribution in [0.5, 0.6) is 0 Å². The van der Waals surface area contributed by atoms with Gasteiger partial charge in [0.15, 0.2) is 0 Å². The molecule has 1 aliphatic heterocycles. The minimum absolute atomic E-state index is 0.0888. The van der Waals surface area contributed by atoms with Crippen molar-refractivity contribution in [2.45, 2.75) is 32.0 Å². The Balaban J connectivity index is 1.80. The molecule has 0 spiro atoms. The Labute approximate surface area is 141 Å². The number of benzene rings is 2. The molecule has 2 aromatic rings. The van der Waals surface area contributed by atoms with Gasteiger partial charge in [0, 0.05) is 22.5 Å². The molecule has 1 saturated heterocycles. The van der Waals surface area contributed by atoms with Gasteiger partial charge in [0.2, 0.25) is 0 Å². The Hall–Kier alpha value is -1.88. The zero-order valence-corrected chi connectivity index (χ0v) is 13.9. The van der Waals surface area contributed by atoms with Crippen LogP contribution in [0.4, 0.5) is 0 Å². The van der Waals surface area contributed by atoms with Gasteiger partial charge in [-0.25, -0.2) is 5.43 Å². The minimum atomic E-state index is -0.198. The third kappa shape index (κ3) is 3.55. The van der Waals surface area contributed by atoms with Crippen molar-refractivity contribution in [3.05, 3.63) is 70.2 Å². The fraction of sp³-hybridized carbons (Fsp3) is 0.278. The molecule has 23 heavy (non-hydrogen) atoms. The maximum Gasteiger partial charge on any atom is 0.252 e. The minimum Gasteiger partial charge on any atom is -0.335 e. The number of rotatable bonds is 3. The summed E-state index contributed by atoms with van der Waals surface area (Å²) in [5, 5.41) is 3.76. The van der Waals surface area contributed by atoms with E-state index in [9.17, 15) is 4.79 Å². The van der Waals surface area contributed by atoms with Gasteiger partial charge < -0.3 is 5.32 Å². The fourth-order valence-corrected chi connectivity index (χ4v) is 3.22. The van der Waals surface area contributed by atoms with Crippen LogP contribution in [0.25, 0.3) is 0 Å². The molecule has 0 bridgehead atoms. The molecule has 2 aromatic carbocycles. The lowest BCUT2D eigenvalue weighted by Gasteiger charge is -2.22. The molecule has 3 atom stereocenters. The van der Waals surface area contributed by atoms with Crippen molar-refractivity contribution >= 4 is 17.5 Å². The zero-order valence-electron chi connectivity index (χ0n) is 13.1. The number of nitrogens with one attached hydrogen (secondary N) is 3. The van der Waals surface area contributed by atoms with Crippen LogP contribution in [0.2, 0.25) is 5.02 Å². The topological polar surface area (TPSA) is 53.2 Å². The first-order valence-electron chi connectivity index (χ1n) is 7.68. The van der Waals surface area contributed by atoms with Crippen LogP contribution >= 0.6 is 11.6 Å². The summed E-state index contributed by atoms with van der Waals surface area (Å²) in [7, 11) is 0. The van der Waals surface area contributed by atoms with E-state index < -0.39 is 0 Å². The van der Waals surface area contributed by atoms with Crippen molar-refractivity contribution in [2.75, 3.05) is 0 Å². The number of hydrogen-bond acceptors (Lipinski definition) is 3. The summed E-state index contributed by atoms with van der Waals surface area (Å²) < 4.78 is 0. The fourth-order valence-electron chi connectivity index (χ4n) is 3.02. The summed E-state index contributed by atoms with van der Waals surface area (Å²) in [5.41, 5.74) is 9.19. The molecule has 1 amide bonds. The second-order valence-electron chi connectivity index (χ2n) is 5.98. The maximum absolute atomic E-state index is 12.5. The third-order valence-corrected chi connectivity index (χ3v) is 4.40. The van der Waals surface area contributed by atoms with Crippen molar-refractivity contribution in [2.24, 2.45) is 0 Å². The maximum atomic E-state index is 12.5. The van der Waals surface area contributed by atoms with E-state index in [0.29, 0.717) is 10.6 Å². The molecule has 4 nitrogen and oxygen atoms in total. The van der Waals surface area contributed by atoms with Gasteiger partial charge in [-0.15, -0.1) is 0 Å². The van der Waals surface area contributed by atoms with Gasteiger partial charge in [0.1, 0.15) is 6.17 Å². The van der Waals surface area contributed by atoms with E-state index >= 15 is 0 Å². The molecule has 5 heteroatoms. The van der Waals surface area contributed by atoms with Crippen molar-refractivity contribution in [1.29, 1.82) is 0 Å². The largest absolute Gasteiger partial charge is 0.335 e. The highest BCUT2D eigenvalue weighted by Gasteiger charge is 2.35. The van der Waals surface area contributed by atoms with Gasteiger partial charge in [0.25, 0.3) is 5.91 Å². The molecule has 0 aromatic heterocycles. The lowest BCUT2D eigenvalue weighted by Crippen LogP contribution is -2.46. The number of hydrazine groups is 1. The monoisotopic (exact) mass is 329 g/mol. The lowest BCUT2D eigenvalue weighted by molar-refractivity contribution is 0.0928. The van der Waals surface area contributed by atoms with Gasteiger partial charge in [-0.3, -0.25) is 10.2 Å². The summed E-state index contributed by atoms with van der Waals surface area (Å²) in [4.78, 5) is 12.5. The first kappa shape index (κ1) is 16.0. The number of halogens is 1. The van der Waals surface area contributed by atoms with E-state index in [-0.39, 0.29) is 24.0 Å². The van der Waals surface area contributed by atoms with Crippen LogP contribution in [-0.2, 0) is 0 Å². The summed E-state index contributed by atoms with van der Waals surface area (Å²) in [6.45, 7) is 4.06. The van der Waals surface area contributed by atoms with Crippen molar-refractivity contribution in [1.82, 2.24) is 16.2 Å². The molecule has 120 valence electrons. The van der Waals surface area contributed by atoms with Crippen molar-refractivity contribution in [3.63, 3.8) is 0 Å². The van der Waals surface area contributed by atoms with E-state index in [4.69, 9.17) is 11.6 Å². The lowest BCUT2D eigenvalue weighted by atomic mass is 9.91. The van der Waals surface area contributed by atoms with Crippen LogP contribution in [0.15, 0.2) is 48.5 Å². The Morgan fingerprint density at radius 3 is 2.65 bits per heavy atom. The van der Waals surface area contributed by atoms with E-state index in [1.807, 2.05) is 55.5 Å². The van der Waals surface area contributed by atoms with Gasteiger partial charge in [-0.05, 0) is 43.7 Å². The van der Waals surface area contributed by atoms with E-state index in [1.165, 1.54) is 0 Å². The van der Waals surface area contributed by atoms with Gasteiger partial charge in [-0.1, -0.05) is 41.4 Å². The standard InChI is InChI=1S/C18H20ClN3O/c1-11-5-3-7-14(9-11)18(23)20-17-16(12(2)21-22-17)13-6-4-8-15(19)10-13/h3-10,12,16-17,21-22H,1-2H3,(H,20,23). The molecule has 3 N–H and O–H groups in total. The second kappa shape index (κ2) is 6.71. The molecule has 1 heterocycles. The van der Waals surface area contributed by atoms with Gasteiger partial charge in [-0.2, -0.15) is 0 Å². The summed E-state index contributed by atoms with van der Waals surface area (Å²) in [6, 6.07) is 15.5. The molecular formula is C18H20ClN3O. The van der Waals surface area contributed by atoms with Gasteiger partial charge in [0.05, 0.1) is 0 Å². The summed E-state index contributed by atoms with van der Waals surface area (Å²) in [5.74, 6) is 0.0107. The van der Waals surface area contributed by atoms with Crippen LogP contribution in [-0.4, -0.2) is 18.1 Å². The van der Waals surface area contributed by atoms with Crippen molar-refractivity contribution < 1.29 is 4.79 Å². The molecule has 0 saturated carbocycles. The quantitative estimate of drug-likeness (QED) is 0.811. The molecule has 0 aliphatic carbocycles. The first-order chi connectivity index (χ1) is 11.0. The zero-order chi connectivity index (χ0) is 16.4. The second-order valence-corrected chi connectivity index (χ2v) is 6.42. The van der Waals surface area contributed by atoms with Crippen LogP contribution < -0.4 is 16.2 Å². The Morgan fingerprint density at radius 2 is 1.91 bits per heavy atom. The third-order valence-electron chi connectivity index (χ3n) is 4.16. The predicted molar refractivity (Wildman–Crippen MR) is 92.4 cm³/mol. The van der Waals surface area contributed by atoms with Crippen molar-refractivity contribution in [3.8, 4) is 0 Å². The number of carbonyl (C=O) groups excluding carboxylic acids is 1. The van der Waals surface area contributed by atoms with Crippen LogP contribution in [0, 0.1) is 6.92 Å². The molecule has 0 radical (unpaired) electrons. The number of aryl methyl sites for hydroxylation is 1. The molecule has 3 rings (SSSR count). The molecule has 1 fully saturated rings. The highest BCUT2D eigenvalue weighted by atomic mass is 35.5. The number of carbonyl (C=O) groups is 1. The molecular weight excluding hydrogens is 310 g/mol. The average molecular weight is 330 g/mol. The summed E-state index contributed by atoms with van der Waals surface area (Å²) >= 11 is 6.11. The average Bonchev–Trinajstić information content (AvgIpc) is 2.88. The van der Waals surface area contributed by atoms with E-state index in [0.717, 1.165) is 11.1 Å². The normalized spacial score (nSPS) is 23.7. The Kier molecular flexibility index (Phi) is 4.66. The van der Waals surface area contributed by atoms with Gasteiger partial charge >= 0.3 is 0 Å². The molecule has 1 aliphatic rings. The highest BCUT2D eigenvalue weighted by molar-refractivity contribution is 6.30. The van der Waals surface area contributed by atoms with Crippen LogP contribution in [0.3, 0.4) is 0 Å². The molecule has 3 unspecified atom stereocenters. The number of hydrogen-bond donors (Lipinski definition) is 3.